The molecule has 0 aliphatic heterocycles. The second-order valence-electron chi connectivity index (χ2n) is 4.44. The summed E-state index contributed by atoms with van der Waals surface area (Å²) in [5.74, 6) is -1.02. The minimum absolute atomic E-state index is 0.0525. The van der Waals surface area contributed by atoms with Crippen LogP contribution < -0.4 is 4.72 Å². The predicted molar refractivity (Wildman–Crippen MR) is 78.2 cm³/mol. The van der Waals surface area contributed by atoms with E-state index in [0.29, 0.717) is 5.56 Å². The monoisotopic (exact) mass is 323 g/mol. The van der Waals surface area contributed by atoms with Gasteiger partial charge < -0.3 is 4.74 Å². The minimum Gasteiger partial charge on any atom is -0.457 e. The Balaban J connectivity index is 2.04. The first-order valence-electron chi connectivity index (χ1n) is 6.37. The van der Waals surface area contributed by atoms with Crippen LogP contribution in [-0.4, -0.2) is 21.4 Å². The molecule has 0 radical (unpaired) electrons. The third-order valence-electron chi connectivity index (χ3n) is 2.93. The SMILES string of the molecule is CNS(=O)(=O)c1ccc(C(=O)OCc2cccc(F)c2)cc1. The largest absolute Gasteiger partial charge is 0.457 e. The van der Waals surface area contributed by atoms with Crippen LogP contribution in [0, 0.1) is 5.82 Å². The highest BCUT2D eigenvalue weighted by Crippen LogP contribution is 2.12. The summed E-state index contributed by atoms with van der Waals surface area (Å²) in [4.78, 5) is 11.9. The molecule has 2 aromatic carbocycles. The molecule has 22 heavy (non-hydrogen) atoms. The fourth-order valence-corrected chi connectivity index (χ4v) is 2.48. The molecule has 0 saturated carbocycles. The van der Waals surface area contributed by atoms with Crippen molar-refractivity contribution >= 4 is 16.0 Å². The average molecular weight is 323 g/mol. The Bertz CT molecular complexity index is 772. The number of carbonyl (C=O) groups excluding carboxylic acids is 1. The molecule has 116 valence electrons. The first-order valence-corrected chi connectivity index (χ1v) is 7.86. The van der Waals surface area contributed by atoms with Crippen molar-refractivity contribution in [3.63, 3.8) is 0 Å². The lowest BCUT2D eigenvalue weighted by molar-refractivity contribution is 0.0472. The maximum atomic E-state index is 13.0. The van der Waals surface area contributed by atoms with E-state index in [9.17, 15) is 17.6 Å². The van der Waals surface area contributed by atoms with E-state index in [1.807, 2.05) is 0 Å². The molecule has 5 nitrogen and oxygen atoms in total. The van der Waals surface area contributed by atoms with Crippen LogP contribution in [0.2, 0.25) is 0 Å². The normalized spacial score (nSPS) is 11.2. The number of carbonyl (C=O) groups is 1. The lowest BCUT2D eigenvalue weighted by atomic mass is 10.2. The number of hydrogen-bond acceptors (Lipinski definition) is 4. The van der Waals surface area contributed by atoms with Gasteiger partial charge in [0, 0.05) is 0 Å². The van der Waals surface area contributed by atoms with E-state index in [4.69, 9.17) is 4.74 Å². The lowest BCUT2D eigenvalue weighted by Crippen LogP contribution is -2.18. The molecule has 0 bridgehead atoms. The Labute approximate surface area is 127 Å². The molecule has 0 aliphatic rings. The fourth-order valence-electron chi connectivity index (χ4n) is 1.75. The molecule has 0 amide bonds. The average Bonchev–Trinajstić information content (AvgIpc) is 2.53. The topological polar surface area (TPSA) is 72.5 Å². The van der Waals surface area contributed by atoms with E-state index < -0.39 is 21.8 Å². The van der Waals surface area contributed by atoms with Crippen LogP contribution in [0.3, 0.4) is 0 Å². The molecule has 2 rings (SSSR count). The van der Waals surface area contributed by atoms with Crippen molar-refractivity contribution in [2.24, 2.45) is 0 Å². The summed E-state index contributed by atoms with van der Waals surface area (Å²) >= 11 is 0. The number of hydrogen-bond donors (Lipinski definition) is 1. The first kappa shape index (κ1) is 16.1. The Morgan fingerprint density at radius 3 is 2.45 bits per heavy atom. The molecule has 0 unspecified atom stereocenters. The number of sulfonamides is 1. The molecule has 0 heterocycles. The summed E-state index contributed by atoms with van der Waals surface area (Å²) in [6.45, 7) is -0.0623. The van der Waals surface area contributed by atoms with Gasteiger partial charge in [0.1, 0.15) is 12.4 Å². The van der Waals surface area contributed by atoms with Gasteiger partial charge in [-0.15, -0.1) is 0 Å². The zero-order valence-electron chi connectivity index (χ0n) is 11.7. The van der Waals surface area contributed by atoms with Crippen molar-refractivity contribution < 1.29 is 22.3 Å². The fraction of sp³-hybridized carbons (Fsp3) is 0.133. The predicted octanol–water partition coefficient (Wildman–Crippen LogP) is 2.09. The van der Waals surface area contributed by atoms with Gasteiger partial charge in [-0.05, 0) is 49.0 Å². The van der Waals surface area contributed by atoms with Crippen LogP contribution in [0.1, 0.15) is 15.9 Å². The van der Waals surface area contributed by atoms with E-state index in [-0.39, 0.29) is 17.1 Å². The Hall–Kier alpha value is -2.25. The van der Waals surface area contributed by atoms with Gasteiger partial charge in [0.15, 0.2) is 0 Å². The Morgan fingerprint density at radius 2 is 1.86 bits per heavy atom. The molecular weight excluding hydrogens is 309 g/mol. The van der Waals surface area contributed by atoms with Crippen molar-refractivity contribution in [1.29, 1.82) is 0 Å². The first-order chi connectivity index (χ1) is 10.4. The van der Waals surface area contributed by atoms with Gasteiger partial charge in [-0.25, -0.2) is 22.3 Å². The van der Waals surface area contributed by atoms with Crippen LogP contribution in [0.4, 0.5) is 4.39 Å². The van der Waals surface area contributed by atoms with Crippen molar-refractivity contribution in [1.82, 2.24) is 4.72 Å². The summed E-state index contributed by atoms with van der Waals surface area (Å²) in [6.07, 6.45) is 0. The third-order valence-corrected chi connectivity index (χ3v) is 4.36. The van der Waals surface area contributed by atoms with Crippen LogP contribution in [0.25, 0.3) is 0 Å². The highest BCUT2D eigenvalue weighted by molar-refractivity contribution is 7.89. The number of halogens is 1. The highest BCUT2D eigenvalue weighted by Gasteiger charge is 2.13. The molecule has 0 saturated heterocycles. The lowest BCUT2D eigenvalue weighted by Gasteiger charge is -2.06. The van der Waals surface area contributed by atoms with Crippen molar-refractivity contribution in [3.05, 3.63) is 65.5 Å². The smallest absolute Gasteiger partial charge is 0.338 e. The van der Waals surface area contributed by atoms with Gasteiger partial charge in [0.2, 0.25) is 10.0 Å². The van der Waals surface area contributed by atoms with E-state index in [2.05, 4.69) is 4.72 Å². The van der Waals surface area contributed by atoms with E-state index in [0.717, 1.165) is 0 Å². The zero-order chi connectivity index (χ0) is 16.2. The number of rotatable bonds is 5. The van der Waals surface area contributed by atoms with Crippen LogP contribution in [0.5, 0.6) is 0 Å². The summed E-state index contributed by atoms with van der Waals surface area (Å²) in [5, 5.41) is 0. The molecule has 0 atom stereocenters. The molecule has 0 fully saturated rings. The van der Waals surface area contributed by atoms with Crippen molar-refractivity contribution in [3.8, 4) is 0 Å². The second kappa shape index (κ2) is 6.67. The maximum absolute atomic E-state index is 13.0. The maximum Gasteiger partial charge on any atom is 0.338 e. The molecule has 0 aromatic heterocycles. The molecule has 7 heteroatoms. The van der Waals surface area contributed by atoms with Gasteiger partial charge in [0.25, 0.3) is 0 Å². The van der Waals surface area contributed by atoms with Gasteiger partial charge in [-0.1, -0.05) is 12.1 Å². The summed E-state index contributed by atoms with van der Waals surface area (Å²) in [6, 6.07) is 11.1. The number of benzene rings is 2. The van der Waals surface area contributed by atoms with Crippen LogP contribution in [0.15, 0.2) is 53.4 Å². The van der Waals surface area contributed by atoms with Gasteiger partial charge >= 0.3 is 5.97 Å². The Morgan fingerprint density at radius 1 is 1.18 bits per heavy atom. The van der Waals surface area contributed by atoms with Gasteiger partial charge in [0.05, 0.1) is 10.5 Å². The van der Waals surface area contributed by atoms with Crippen LogP contribution in [-0.2, 0) is 21.4 Å². The number of nitrogens with one attached hydrogen (secondary N) is 1. The molecular formula is C15H14FNO4S. The summed E-state index contributed by atoms with van der Waals surface area (Å²) in [5.41, 5.74) is 0.745. The number of ether oxygens (including phenoxy) is 1. The van der Waals surface area contributed by atoms with E-state index >= 15 is 0 Å². The zero-order valence-corrected chi connectivity index (χ0v) is 12.6. The second-order valence-corrected chi connectivity index (χ2v) is 6.32. The quantitative estimate of drug-likeness (QED) is 0.855. The molecule has 2 aromatic rings. The van der Waals surface area contributed by atoms with E-state index in [1.165, 1.54) is 49.5 Å². The molecule has 1 N–H and O–H groups in total. The highest BCUT2D eigenvalue weighted by atomic mass is 32.2. The van der Waals surface area contributed by atoms with Crippen LogP contribution >= 0.6 is 0 Å². The summed E-state index contributed by atoms with van der Waals surface area (Å²) < 4.78 is 43.4. The van der Waals surface area contributed by atoms with Gasteiger partial charge in [-0.2, -0.15) is 0 Å². The number of esters is 1. The molecule has 0 spiro atoms. The van der Waals surface area contributed by atoms with Gasteiger partial charge in [-0.3, -0.25) is 0 Å². The van der Waals surface area contributed by atoms with Crippen molar-refractivity contribution in [2.75, 3.05) is 7.05 Å². The summed E-state index contributed by atoms with van der Waals surface area (Å²) in [7, 11) is -2.24. The molecule has 0 aliphatic carbocycles. The third kappa shape index (κ3) is 3.90. The standard InChI is InChI=1S/C15H14FNO4S/c1-17-22(19,20)14-7-5-12(6-8-14)15(18)21-10-11-3-2-4-13(16)9-11/h2-9,17H,10H2,1H3. The minimum atomic E-state index is -3.54. The van der Waals surface area contributed by atoms with Crippen molar-refractivity contribution in [2.45, 2.75) is 11.5 Å². The Kier molecular flexibility index (Phi) is 4.89. The van der Waals surface area contributed by atoms with E-state index in [1.54, 1.807) is 6.07 Å².